The molecular weight excluding hydrogens is 200 g/mol. The summed E-state index contributed by atoms with van der Waals surface area (Å²) in [5, 5.41) is 42.6. The van der Waals surface area contributed by atoms with E-state index in [4.69, 9.17) is 25.5 Å². The second-order valence-electron chi connectivity index (χ2n) is 2.50. The van der Waals surface area contributed by atoms with Crippen molar-refractivity contribution in [3.05, 3.63) is 0 Å². The first kappa shape index (κ1) is 12.3. The van der Waals surface area contributed by atoms with E-state index in [-0.39, 0.29) is 0 Å². The van der Waals surface area contributed by atoms with Crippen molar-refractivity contribution in [1.29, 1.82) is 0 Å². The Balaban J connectivity index is 5.25. The first-order chi connectivity index (χ1) is 6.27. The molecule has 0 aliphatic heterocycles. The van der Waals surface area contributed by atoms with E-state index in [2.05, 4.69) is 0 Å². The Bertz CT molecular complexity index is 257. The van der Waals surface area contributed by atoms with E-state index in [0.29, 0.717) is 0 Å². The van der Waals surface area contributed by atoms with Gasteiger partial charge < -0.3 is 25.5 Å². The van der Waals surface area contributed by atoms with Gasteiger partial charge in [0, 0.05) is 0 Å². The van der Waals surface area contributed by atoms with Gasteiger partial charge in [-0.1, -0.05) is 0 Å². The van der Waals surface area contributed by atoms with Crippen LogP contribution >= 0.6 is 0 Å². The van der Waals surface area contributed by atoms with Crippen LogP contribution in [-0.2, 0) is 14.4 Å². The highest BCUT2D eigenvalue weighted by molar-refractivity contribution is 6.00. The average Bonchev–Trinajstić information content (AvgIpc) is 2.02. The van der Waals surface area contributed by atoms with Crippen LogP contribution < -0.4 is 0 Å². The molecule has 8 heteroatoms. The number of aliphatic carboxylic acids is 3. The minimum absolute atomic E-state index is 1.51. The zero-order valence-electron chi connectivity index (χ0n) is 6.75. The highest BCUT2D eigenvalue weighted by Crippen LogP contribution is 2.18. The first-order valence-electron chi connectivity index (χ1n) is 3.29. The van der Waals surface area contributed by atoms with Gasteiger partial charge in [-0.25, -0.2) is 4.79 Å². The third kappa shape index (κ3) is 1.98. The van der Waals surface area contributed by atoms with Gasteiger partial charge in [0.05, 0.1) is 6.61 Å². The monoisotopic (exact) mass is 208 g/mol. The van der Waals surface area contributed by atoms with Crippen LogP contribution in [0.15, 0.2) is 0 Å². The van der Waals surface area contributed by atoms with Gasteiger partial charge in [0.1, 0.15) is 0 Å². The van der Waals surface area contributed by atoms with E-state index in [1.165, 1.54) is 0 Å². The number of hydrogen-bond acceptors (Lipinski definition) is 5. The van der Waals surface area contributed by atoms with Gasteiger partial charge in [-0.05, 0) is 0 Å². The van der Waals surface area contributed by atoms with Crippen molar-refractivity contribution in [3.8, 4) is 0 Å². The van der Waals surface area contributed by atoms with Crippen molar-refractivity contribution in [2.24, 2.45) is 5.92 Å². The largest absolute Gasteiger partial charge is 0.481 e. The molecule has 0 saturated carbocycles. The lowest BCUT2D eigenvalue weighted by molar-refractivity contribution is -0.187. The van der Waals surface area contributed by atoms with E-state index in [1.54, 1.807) is 0 Å². The zero-order valence-corrected chi connectivity index (χ0v) is 6.75. The number of aliphatic hydroxyl groups is 2. The molecule has 14 heavy (non-hydrogen) atoms. The fraction of sp³-hybridized carbons (Fsp3) is 0.500. The molecule has 0 heterocycles. The summed E-state index contributed by atoms with van der Waals surface area (Å²) in [7, 11) is 0. The fourth-order valence-electron chi connectivity index (χ4n) is 0.797. The Morgan fingerprint density at radius 3 is 1.50 bits per heavy atom. The predicted molar refractivity (Wildman–Crippen MR) is 38.4 cm³/mol. The molecule has 0 aliphatic carbocycles. The van der Waals surface area contributed by atoms with Crippen molar-refractivity contribution in [3.63, 3.8) is 0 Å². The van der Waals surface area contributed by atoms with Crippen LogP contribution in [0.4, 0.5) is 0 Å². The standard InChI is InChI=1S/C6H8O8/c7-1-6(14,5(12)13)2(3(8)9)4(10)11/h2,7,14H,1H2,(H,8,9)(H,10,11)(H,12,13). The van der Waals surface area contributed by atoms with Gasteiger partial charge in [-0.15, -0.1) is 0 Å². The molecule has 1 unspecified atom stereocenters. The minimum Gasteiger partial charge on any atom is -0.481 e. The van der Waals surface area contributed by atoms with Crippen molar-refractivity contribution in [2.75, 3.05) is 6.61 Å². The summed E-state index contributed by atoms with van der Waals surface area (Å²) >= 11 is 0. The van der Waals surface area contributed by atoms with Crippen LogP contribution in [-0.4, -0.2) is 55.6 Å². The molecule has 0 aromatic heterocycles. The molecule has 0 aromatic rings. The van der Waals surface area contributed by atoms with Gasteiger partial charge in [0.15, 0.2) is 5.92 Å². The SMILES string of the molecule is O=C(O)C(C(=O)O)C(O)(CO)C(=O)O. The first-order valence-corrected chi connectivity index (χ1v) is 3.29. The predicted octanol–water partition coefficient (Wildman–Crippen LogP) is -2.42. The number of carbonyl (C=O) groups is 3. The lowest BCUT2D eigenvalue weighted by Gasteiger charge is -2.24. The Hall–Kier alpha value is -1.67. The third-order valence-corrected chi connectivity index (χ3v) is 1.58. The second kappa shape index (κ2) is 4.03. The molecule has 0 bridgehead atoms. The Kier molecular flexibility index (Phi) is 3.55. The van der Waals surface area contributed by atoms with Crippen LogP contribution in [0, 0.1) is 5.92 Å². The maximum Gasteiger partial charge on any atom is 0.339 e. The van der Waals surface area contributed by atoms with E-state index < -0.39 is 36.0 Å². The summed E-state index contributed by atoms with van der Waals surface area (Å²) in [6.07, 6.45) is 0. The minimum atomic E-state index is -3.22. The molecule has 0 rings (SSSR count). The maximum absolute atomic E-state index is 10.4. The summed E-state index contributed by atoms with van der Waals surface area (Å²) in [5.74, 6) is -8.83. The number of aliphatic hydroxyl groups excluding tert-OH is 1. The summed E-state index contributed by atoms with van der Waals surface area (Å²) in [4.78, 5) is 31.0. The molecule has 0 fully saturated rings. The number of carboxylic acid groups (broad SMARTS) is 3. The number of hydrogen-bond donors (Lipinski definition) is 5. The molecule has 0 amide bonds. The zero-order chi connectivity index (χ0) is 11.5. The Morgan fingerprint density at radius 1 is 1.07 bits per heavy atom. The molecule has 5 N–H and O–H groups in total. The Labute approximate surface area is 77.0 Å². The summed E-state index contributed by atoms with van der Waals surface area (Å²) in [6.45, 7) is -1.51. The van der Waals surface area contributed by atoms with Crippen LogP contribution in [0.1, 0.15) is 0 Å². The molecule has 0 aromatic carbocycles. The lowest BCUT2D eigenvalue weighted by Crippen LogP contribution is -2.55. The number of carboxylic acids is 3. The van der Waals surface area contributed by atoms with Crippen LogP contribution in [0.2, 0.25) is 0 Å². The maximum atomic E-state index is 10.4. The molecule has 0 saturated heterocycles. The normalized spacial score (nSPS) is 14.8. The van der Waals surface area contributed by atoms with Gasteiger partial charge in [-0.3, -0.25) is 9.59 Å². The van der Waals surface area contributed by atoms with Crippen LogP contribution in [0.25, 0.3) is 0 Å². The van der Waals surface area contributed by atoms with E-state index in [9.17, 15) is 14.4 Å². The molecular formula is C6H8O8. The summed E-state index contributed by atoms with van der Waals surface area (Å²) in [5.41, 5.74) is -3.22. The van der Waals surface area contributed by atoms with Crippen molar-refractivity contribution in [2.45, 2.75) is 5.60 Å². The number of rotatable bonds is 5. The van der Waals surface area contributed by atoms with Crippen molar-refractivity contribution >= 4 is 17.9 Å². The van der Waals surface area contributed by atoms with Crippen molar-refractivity contribution < 1.29 is 39.9 Å². The topological polar surface area (TPSA) is 152 Å². The van der Waals surface area contributed by atoms with E-state index in [1.807, 2.05) is 0 Å². The highest BCUT2D eigenvalue weighted by Gasteiger charge is 2.52. The van der Waals surface area contributed by atoms with Gasteiger partial charge >= 0.3 is 17.9 Å². The molecule has 0 radical (unpaired) electrons. The second-order valence-corrected chi connectivity index (χ2v) is 2.50. The van der Waals surface area contributed by atoms with Crippen LogP contribution in [0.5, 0.6) is 0 Å². The third-order valence-electron chi connectivity index (χ3n) is 1.58. The Morgan fingerprint density at radius 2 is 1.43 bits per heavy atom. The average molecular weight is 208 g/mol. The fourth-order valence-corrected chi connectivity index (χ4v) is 0.797. The quantitative estimate of drug-likeness (QED) is 0.313. The van der Waals surface area contributed by atoms with Crippen LogP contribution in [0.3, 0.4) is 0 Å². The molecule has 1 atom stereocenters. The van der Waals surface area contributed by atoms with E-state index >= 15 is 0 Å². The summed E-state index contributed by atoms with van der Waals surface area (Å²) in [6, 6.07) is 0. The molecule has 80 valence electrons. The van der Waals surface area contributed by atoms with Gasteiger partial charge in [-0.2, -0.15) is 0 Å². The molecule has 8 nitrogen and oxygen atoms in total. The highest BCUT2D eigenvalue weighted by atomic mass is 16.4. The van der Waals surface area contributed by atoms with E-state index in [0.717, 1.165) is 0 Å². The molecule has 0 aliphatic rings. The lowest BCUT2D eigenvalue weighted by atomic mass is 9.88. The smallest absolute Gasteiger partial charge is 0.339 e. The van der Waals surface area contributed by atoms with Gasteiger partial charge in [0.25, 0.3) is 0 Å². The summed E-state index contributed by atoms with van der Waals surface area (Å²) < 4.78 is 0. The molecule has 0 spiro atoms. The van der Waals surface area contributed by atoms with Crippen molar-refractivity contribution in [1.82, 2.24) is 0 Å². The van der Waals surface area contributed by atoms with Gasteiger partial charge in [0.2, 0.25) is 5.60 Å².